The van der Waals surface area contributed by atoms with Crippen LogP contribution in [-0.4, -0.2) is 36.0 Å². The molecule has 1 aromatic rings. The van der Waals surface area contributed by atoms with Gasteiger partial charge in [-0.1, -0.05) is 30.3 Å². The largest absolute Gasteiger partial charge is 0.353 e. The Kier molecular flexibility index (Phi) is 3.74. The van der Waals surface area contributed by atoms with Gasteiger partial charge in [0.15, 0.2) is 6.29 Å². The lowest BCUT2D eigenvalue weighted by Gasteiger charge is -2.26. The average molecular weight is 287 g/mol. The topological polar surface area (TPSA) is 21.7 Å². The number of hydrogen-bond acceptors (Lipinski definition) is 3. The van der Waals surface area contributed by atoms with E-state index in [-0.39, 0.29) is 6.29 Å². The maximum Gasteiger partial charge on any atom is 0.158 e. The molecule has 1 aromatic carbocycles. The molecular weight excluding hydrogens is 262 g/mol. The Morgan fingerprint density at radius 3 is 2.76 bits per heavy atom. The van der Waals surface area contributed by atoms with E-state index in [4.69, 9.17) is 9.47 Å². The van der Waals surface area contributed by atoms with Crippen molar-refractivity contribution in [1.82, 2.24) is 4.90 Å². The van der Waals surface area contributed by atoms with Crippen molar-refractivity contribution < 1.29 is 9.47 Å². The van der Waals surface area contributed by atoms with Gasteiger partial charge in [-0.25, -0.2) is 0 Å². The minimum Gasteiger partial charge on any atom is -0.353 e. The number of hydrogen-bond donors (Lipinski definition) is 0. The zero-order valence-corrected chi connectivity index (χ0v) is 12.7. The van der Waals surface area contributed by atoms with Crippen molar-refractivity contribution in [1.29, 1.82) is 0 Å². The molecule has 0 radical (unpaired) electrons. The minimum absolute atomic E-state index is 0.0521. The maximum atomic E-state index is 6.23. The molecule has 2 heterocycles. The van der Waals surface area contributed by atoms with E-state index in [1.807, 2.05) is 0 Å². The average Bonchev–Trinajstić information content (AvgIpc) is 3.21. The lowest BCUT2D eigenvalue weighted by molar-refractivity contribution is -0.185. The van der Waals surface area contributed by atoms with Gasteiger partial charge in [0.2, 0.25) is 0 Å². The number of likely N-dealkylation sites (tertiary alicyclic amines) is 1. The first-order valence-electron chi connectivity index (χ1n) is 8.40. The predicted octanol–water partition coefficient (Wildman–Crippen LogP) is 3.34. The Balaban J connectivity index is 1.37. The SMILES string of the molecule is c1ccc(CN2CC(OC3CCCCO3)CC23CC3)cc1. The summed E-state index contributed by atoms with van der Waals surface area (Å²) in [5.41, 5.74) is 1.85. The molecule has 1 saturated carbocycles. The molecule has 3 heteroatoms. The summed E-state index contributed by atoms with van der Waals surface area (Å²) in [6, 6.07) is 10.8. The Bertz CT molecular complexity index is 465. The van der Waals surface area contributed by atoms with Gasteiger partial charge in [-0.2, -0.15) is 0 Å². The summed E-state index contributed by atoms with van der Waals surface area (Å²) in [5.74, 6) is 0. The van der Waals surface area contributed by atoms with Crippen LogP contribution in [0.4, 0.5) is 0 Å². The van der Waals surface area contributed by atoms with E-state index < -0.39 is 0 Å². The number of nitrogens with zero attached hydrogens (tertiary/aromatic N) is 1. The van der Waals surface area contributed by atoms with E-state index in [9.17, 15) is 0 Å². The van der Waals surface area contributed by atoms with Crippen molar-refractivity contribution in [2.75, 3.05) is 13.2 Å². The van der Waals surface area contributed by atoms with Crippen LogP contribution in [0, 0.1) is 0 Å². The van der Waals surface area contributed by atoms with E-state index in [0.29, 0.717) is 11.6 Å². The second-order valence-electron chi connectivity index (χ2n) is 6.85. The van der Waals surface area contributed by atoms with E-state index >= 15 is 0 Å². The second-order valence-corrected chi connectivity index (χ2v) is 6.85. The second kappa shape index (κ2) is 5.71. The summed E-state index contributed by atoms with van der Waals surface area (Å²) in [4.78, 5) is 2.65. The molecule has 1 aliphatic carbocycles. The van der Waals surface area contributed by atoms with Crippen LogP contribution in [0.3, 0.4) is 0 Å². The highest BCUT2D eigenvalue weighted by molar-refractivity contribution is 5.18. The van der Waals surface area contributed by atoms with Crippen LogP contribution in [0.5, 0.6) is 0 Å². The van der Waals surface area contributed by atoms with E-state index in [1.165, 1.54) is 37.7 Å². The summed E-state index contributed by atoms with van der Waals surface area (Å²) in [5, 5.41) is 0. The fourth-order valence-electron chi connectivity index (χ4n) is 3.88. The highest BCUT2D eigenvalue weighted by atomic mass is 16.7. The van der Waals surface area contributed by atoms with Crippen LogP contribution in [-0.2, 0) is 16.0 Å². The number of benzene rings is 1. The lowest BCUT2D eigenvalue weighted by atomic mass is 10.1. The molecule has 0 N–H and O–H groups in total. The molecule has 0 bridgehead atoms. The standard InChI is InChI=1S/C18H25NO2/c1-2-6-15(7-3-1)13-19-14-16(12-18(19)9-10-18)21-17-8-4-5-11-20-17/h1-3,6-7,16-17H,4-5,8-14H2. The first-order chi connectivity index (χ1) is 10.3. The third-order valence-corrected chi connectivity index (χ3v) is 5.23. The van der Waals surface area contributed by atoms with Crippen LogP contribution in [0.15, 0.2) is 30.3 Å². The van der Waals surface area contributed by atoms with E-state index in [2.05, 4.69) is 35.2 Å². The van der Waals surface area contributed by atoms with E-state index in [1.54, 1.807) is 0 Å². The zero-order valence-electron chi connectivity index (χ0n) is 12.7. The Hall–Kier alpha value is -0.900. The minimum atomic E-state index is 0.0521. The van der Waals surface area contributed by atoms with Gasteiger partial charge >= 0.3 is 0 Å². The summed E-state index contributed by atoms with van der Waals surface area (Å²) >= 11 is 0. The lowest BCUT2D eigenvalue weighted by Crippen LogP contribution is -2.32. The fourth-order valence-corrected chi connectivity index (χ4v) is 3.88. The van der Waals surface area contributed by atoms with Crippen molar-refractivity contribution in [3.63, 3.8) is 0 Å². The Morgan fingerprint density at radius 1 is 1.19 bits per heavy atom. The molecule has 3 nitrogen and oxygen atoms in total. The highest BCUT2D eigenvalue weighted by Crippen LogP contribution is 2.51. The Labute approximate surface area is 127 Å². The molecule has 0 aromatic heterocycles. The molecule has 2 aliphatic heterocycles. The molecule has 21 heavy (non-hydrogen) atoms. The number of ether oxygens (including phenoxy) is 2. The van der Waals surface area contributed by atoms with Crippen molar-refractivity contribution in [3.8, 4) is 0 Å². The van der Waals surface area contributed by atoms with Crippen molar-refractivity contribution in [2.24, 2.45) is 0 Å². The number of rotatable bonds is 4. The normalized spacial score (nSPS) is 31.6. The Morgan fingerprint density at radius 2 is 2.05 bits per heavy atom. The van der Waals surface area contributed by atoms with Crippen LogP contribution in [0.25, 0.3) is 0 Å². The molecule has 2 atom stereocenters. The molecule has 4 rings (SSSR count). The molecule has 3 fully saturated rings. The third-order valence-electron chi connectivity index (χ3n) is 5.23. The predicted molar refractivity (Wildman–Crippen MR) is 81.9 cm³/mol. The smallest absolute Gasteiger partial charge is 0.158 e. The van der Waals surface area contributed by atoms with E-state index in [0.717, 1.165) is 26.1 Å². The molecule has 3 aliphatic rings. The third kappa shape index (κ3) is 3.01. The fraction of sp³-hybridized carbons (Fsp3) is 0.667. The molecule has 0 amide bonds. The monoisotopic (exact) mass is 287 g/mol. The van der Waals surface area contributed by atoms with Gasteiger partial charge in [-0.05, 0) is 44.1 Å². The van der Waals surface area contributed by atoms with Crippen LogP contribution < -0.4 is 0 Å². The van der Waals surface area contributed by atoms with Crippen molar-refractivity contribution in [2.45, 2.75) is 63.0 Å². The van der Waals surface area contributed by atoms with Gasteiger partial charge in [0, 0.05) is 25.2 Å². The zero-order chi connectivity index (χ0) is 14.1. The highest BCUT2D eigenvalue weighted by Gasteiger charge is 2.54. The molecular formula is C18H25NO2. The van der Waals surface area contributed by atoms with Gasteiger partial charge < -0.3 is 9.47 Å². The van der Waals surface area contributed by atoms with Gasteiger partial charge in [-0.15, -0.1) is 0 Å². The first kappa shape index (κ1) is 13.7. The summed E-state index contributed by atoms with van der Waals surface area (Å²) in [6.45, 7) is 3.00. The van der Waals surface area contributed by atoms with Gasteiger partial charge in [0.25, 0.3) is 0 Å². The summed E-state index contributed by atoms with van der Waals surface area (Å²) in [7, 11) is 0. The van der Waals surface area contributed by atoms with Crippen molar-refractivity contribution >= 4 is 0 Å². The molecule has 1 spiro atoms. The molecule has 2 unspecified atom stereocenters. The van der Waals surface area contributed by atoms with Gasteiger partial charge in [0.1, 0.15) is 0 Å². The maximum absolute atomic E-state index is 6.23. The molecule has 2 saturated heterocycles. The van der Waals surface area contributed by atoms with Crippen molar-refractivity contribution in [3.05, 3.63) is 35.9 Å². The summed E-state index contributed by atoms with van der Waals surface area (Å²) < 4.78 is 12.0. The summed E-state index contributed by atoms with van der Waals surface area (Å²) in [6.07, 6.45) is 7.79. The van der Waals surface area contributed by atoms with Crippen LogP contribution >= 0.6 is 0 Å². The first-order valence-corrected chi connectivity index (χ1v) is 8.40. The molecule has 114 valence electrons. The van der Waals surface area contributed by atoms with Crippen LogP contribution in [0.2, 0.25) is 0 Å². The van der Waals surface area contributed by atoms with Gasteiger partial charge in [-0.3, -0.25) is 4.90 Å². The van der Waals surface area contributed by atoms with Crippen LogP contribution in [0.1, 0.15) is 44.1 Å². The van der Waals surface area contributed by atoms with Gasteiger partial charge in [0.05, 0.1) is 6.10 Å². The quantitative estimate of drug-likeness (QED) is 0.848.